The maximum absolute atomic E-state index is 14.1. The summed E-state index contributed by atoms with van der Waals surface area (Å²) in [6, 6.07) is 12.0. The largest absolute Gasteiger partial charge is 0.480 e. The van der Waals surface area contributed by atoms with Crippen molar-refractivity contribution in [1.29, 1.82) is 5.26 Å². The first-order chi connectivity index (χ1) is 18.0. The number of benzene rings is 2. The first-order valence-electron chi connectivity index (χ1n) is 11.6. The molecule has 196 valence electrons. The van der Waals surface area contributed by atoms with E-state index in [4.69, 9.17) is 28.5 Å². The second kappa shape index (κ2) is 9.39. The molecule has 0 radical (unpaired) electrons. The fourth-order valence-corrected chi connectivity index (χ4v) is 7.46. The van der Waals surface area contributed by atoms with Gasteiger partial charge in [0.25, 0.3) is 15.9 Å². The average molecular weight is 574 g/mol. The van der Waals surface area contributed by atoms with Crippen molar-refractivity contribution < 1.29 is 23.1 Å². The number of carbonyl (C=O) groups excluding carboxylic acids is 1. The Morgan fingerprint density at radius 2 is 1.87 bits per heavy atom. The molecule has 3 aromatic rings. The Hall–Kier alpha value is -3.43. The van der Waals surface area contributed by atoms with Crippen molar-refractivity contribution in [3.63, 3.8) is 0 Å². The number of aromatic nitrogens is 2. The van der Waals surface area contributed by atoms with Gasteiger partial charge in [-0.2, -0.15) is 9.57 Å². The Labute approximate surface area is 228 Å². The van der Waals surface area contributed by atoms with Gasteiger partial charge in [-0.25, -0.2) is 18.3 Å². The number of aliphatic carboxylic acids is 1. The second-order valence-electron chi connectivity index (χ2n) is 9.37. The number of carboxylic acid groups (broad SMARTS) is 1. The van der Waals surface area contributed by atoms with Gasteiger partial charge in [0, 0.05) is 23.0 Å². The van der Waals surface area contributed by atoms with Gasteiger partial charge < -0.3 is 5.11 Å². The summed E-state index contributed by atoms with van der Waals surface area (Å²) in [5, 5.41) is 19.0. The lowest BCUT2D eigenvalue weighted by molar-refractivity contribution is -0.140. The molecule has 2 atom stereocenters. The summed E-state index contributed by atoms with van der Waals surface area (Å²) in [4.78, 5) is 31.5. The molecule has 0 aliphatic carbocycles. The average Bonchev–Trinajstić information content (AvgIpc) is 3.57. The van der Waals surface area contributed by atoms with Gasteiger partial charge in [-0.1, -0.05) is 35.3 Å². The molecule has 0 saturated carbocycles. The maximum Gasteiger partial charge on any atom is 0.322 e. The number of halogens is 2. The van der Waals surface area contributed by atoms with Crippen molar-refractivity contribution in [3.05, 3.63) is 69.8 Å². The molecule has 3 heterocycles. The molecule has 13 heteroatoms. The molecule has 10 nitrogen and oxygen atoms in total. The molecule has 0 unspecified atom stereocenters. The number of carbonyl (C=O) groups is 2. The van der Waals surface area contributed by atoms with Crippen molar-refractivity contribution in [3.8, 4) is 6.07 Å². The third-order valence-corrected chi connectivity index (χ3v) is 9.17. The molecule has 2 aromatic carbocycles. The minimum atomic E-state index is -4.36. The number of imidazole rings is 1. The molecule has 2 aliphatic rings. The summed E-state index contributed by atoms with van der Waals surface area (Å²) < 4.78 is 30.0. The van der Waals surface area contributed by atoms with Gasteiger partial charge in [-0.05, 0) is 55.7 Å². The van der Waals surface area contributed by atoms with Crippen LogP contribution in [0, 0.1) is 11.3 Å². The summed E-state index contributed by atoms with van der Waals surface area (Å²) in [7, 11) is -4.36. The summed E-state index contributed by atoms with van der Waals surface area (Å²) in [5.41, 5.74) is -0.0580. The van der Waals surface area contributed by atoms with Crippen LogP contribution in [0.25, 0.3) is 0 Å². The Kier molecular flexibility index (Phi) is 6.47. The smallest absolute Gasteiger partial charge is 0.322 e. The van der Waals surface area contributed by atoms with Gasteiger partial charge >= 0.3 is 5.97 Å². The quantitative estimate of drug-likeness (QED) is 0.471. The van der Waals surface area contributed by atoms with Crippen molar-refractivity contribution in [2.45, 2.75) is 42.8 Å². The van der Waals surface area contributed by atoms with Crippen LogP contribution in [0.5, 0.6) is 0 Å². The van der Waals surface area contributed by atoms with Crippen LogP contribution in [0.15, 0.2) is 53.7 Å². The zero-order chi connectivity index (χ0) is 27.4. The number of sulfonamides is 1. The molecule has 1 aromatic heterocycles. The number of hydrogen-bond donors (Lipinski definition) is 1. The first kappa shape index (κ1) is 26.2. The monoisotopic (exact) mass is 573 g/mol. The molecule has 1 N–H and O–H groups in total. The van der Waals surface area contributed by atoms with Gasteiger partial charge in [0.2, 0.25) is 5.95 Å². The minimum Gasteiger partial charge on any atom is -0.480 e. The molecular formula is C25H21Cl2N5O5S. The van der Waals surface area contributed by atoms with E-state index in [0.717, 1.165) is 10.5 Å². The standard InChI is InChI=1S/C25H21Cl2N5O5S/c1-25(12-15-4-6-16(13-28)7-5-15)23(35)31(19-10-17(26)9-18(27)11-19)24-29-14-21(32(24)25)38(36,37)30-8-2-3-20(30)22(33)34/h4-7,9-11,14,20H,2-3,8,12H2,1H3,(H,33,34)/t20-,25+/m0/s1. The number of rotatable bonds is 6. The summed E-state index contributed by atoms with van der Waals surface area (Å²) in [5.74, 6) is -1.68. The zero-order valence-electron chi connectivity index (χ0n) is 20.0. The topological polar surface area (TPSA) is 137 Å². The summed E-state index contributed by atoms with van der Waals surface area (Å²) in [6.07, 6.45) is 1.79. The number of carboxylic acids is 1. The van der Waals surface area contributed by atoms with Gasteiger partial charge in [-0.3, -0.25) is 14.2 Å². The molecule has 5 rings (SSSR count). The van der Waals surface area contributed by atoms with Crippen molar-refractivity contribution in [1.82, 2.24) is 13.9 Å². The third-order valence-electron chi connectivity index (χ3n) is 6.87. The van der Waals surface area contributed by atoms with E-state index < -0.39 is 33.5 Å². The van der Waals surface area contributed by atoms with Gasteiger partial charge in [0.15, 0.2) is 5.03 Å². The van der Waals surface area contributed by atoms with E-state index in [1.54, 1.807) is 31.2 Å². The molecule has 2 aliphatic heterocycles. The Bertz CT molecular complexity index is 1600. The van der Waals surface area contributed by atoms with Gasteiger partial charge in [-0.15, -0.1) is 0 Å². The highest BCUT2D eigenvalue weighted by Crippen LogP contribution is 2.45. The molecule has 0 spiro atoms. The highest BCUT2D eigenvalue weighted by molar-refractivity contribution is 7.89. The normalized spacial score (nSPS) is 21.5. The SMILES string of the molecule is C[C@@]1(Cc2ccc(C#N)cc2)C(=O)N(c2cc(Cl)cc(Cl)c2)c2ncc(S(=O)(=O)N3CCC[C@H]3C(=O)O)n21. The molecule has 1 amide bonds. The first-order valence-corrected chi connectivity index (χ1v) is 13.8. The van der Waals surface area contributed by atoms with E-state index in [1.165, 1.54) is 27.7 Å². The van der Waals surface area contributed by atoms with Crippen molar-refractivity contribution in [2.24, 2.45) is 0 Å². The van der Waals surface area contributed by atoms with E-state index >= 15 is 0 Å². The third kappa shape index (κ3) is 4.14. The fraction of sp³-hybridized carbons (Fsp3) is 0.280. The fourth-order valence-electron chi connectivity index (χ4n) is 5.10. The maximum atomic E-state index is 14.1. The lowest BCUT2D eigenvalue weighted by atomic mass is 9.91. The van der Waals surface area contributed by atoms with Crippen molar-refractivity contribution in [2.75, 3.05) is 11.4 Å². The Morgan fingerprint density at radius 1 is 1.21 bits per heavy atom. The molecule has 38 heavy (non-hydrogen) atoms. The number of anilines is 2. The molecule has 1 saturated heterocycles. The predicted octanol–water partition coefficient (Wildman–Crippen LogP) is 3.94. The number of fused-ring (bicyclic) bond motifs is 1. The number of nitriles is 1. The van der Waals surface area contributed by atoms with E-state index in [1.807, 2.05) is 6.07 Å². The summed E-state index contributed by atoms with van der Waals surface area (Å²) >= 11 is 12.4. The highest BCUT2D eigenvalue weighted by Gasteiger charge is 2.53. The van der Waals surface area contributed by atoms with Crippen LogP contribution >= 0.6 is 23.2 Å². The van der Waals surface area contributed by atoms with Crippen LogP contribution in [0.1, 0.15) is 30.9 Å². The van der Waals surface area contributed by atoms with Crippen LogP contribution in [-0.2, 0) is 31.6 Å². The van der Waals surface area contributed by atoms with Gasteiger partial charge in [0.05, 0.1) is 23.5 Å². The van der Waals surface area contributed by atoms with Crippen LogP contribution in [-0.4, -0.2) is 51.8 Å². The Morgan fingerprint density at radius 3 is 2.47 bits per heavy atom. The van der Waals surface area contributed by atoms with Crippen LogP contribution < -0.4 is 4.90 Å². The lowest BCUT2D eigenvalue weighted by Gasteiger charge is -2.28. The van der Waals surface area contributed by atoms with Crippen LogP contribution in [0.3, 0.4) is 0 Å². The Balaban J connectivity index is 1.69. The molecule has 1 fully saturated rings. The predicted molar refractivity (Wildman–Crippen MR) is 139 cm³/mol. The lowest BCUT2D eigenvalue weighted by Crippen LogP contribution is -2.45. The molecule has 0 bridgehead atoms. The van der Waals surface area contributed by atoms with Gasteiger partial charge in [0.1, 0.15) is 11.6 Å². The second-order valence-corrected chi connectivity index (χ2v) is 12.1. The number of hydrogen-bond acceptors (Lipinski definition) is 6. The molecular weight excluding hydrogens is 553 g/mol. The van der Waals surface area contributed by atoms with Crippen LogP contribution in [0.4, 0.5) is 11.6 Å². The summed E-state index contributed by atoms with van der Waals surface area (Å²) in [6.45, 7) is 1.64. The van der Waals surface area contributed by atoms with E-state index in [2.05, 4.69) is 4.98 Å². The van der Waals surface area contributed by atoms with Crippen molar-refractivity contribution >= 4 is 56.7 Å². The van der Waals surface area contributed by atoms with E-state index in [9.17, 15) is 23.1 Å². The minimum absolute atomic E-state index is 0.0354. The van der Waals surface area contributed by atoms with E-state index in [0.29, 0.717) is 23.2 Å². The number of nitrogens with zero attached hydrogens (tertiary/aromatic N) is 5. The highest BCUT2D eigenvalue weighted by atomic mass is 35.5. The van der Waals surface area contributed by atoms with E-state index in [-0.39, 0.29) is 40.4 Å². The zero-order valence-corrected chi connectivity index (χ0v) is 22.3. The van der Waals surface area contributed by atoms with Crippen LogP contribution in [0.2, 0.25) is 10.0 Å². The number of amides is 1.